The van der Waals surface area contributed by atoms with E-state index in [4.69, 9.17) is 17.0 Å². The Kier molecular flexibility index (Phi) is 7.25. The largest absolute Gasteiger partial charge is 0.383 e. The zero-order valence-electron chi connectivity index (χ0n) is 20.1. The van der Waals surface area contributed by atoms with Gasteiger partial charge in [0, 0.05) is 55.8 Å². The molecule has 0 saturated carbocycles. The molecule has 0 bridgehead atoms. The van der Waals surface area contributed by atoms with E-state index in [1.54, 1.807) is 13.3 Å². The summed E-state index contributed by atoms with van der Waals surface area (Å²) in [5, 5.41) is 9.29. The van der Waals surface area contributed by atoms with Gasteiger partial charge in [-0.15, -0.1) is 0 Å². The summed E-state index contributed by atoms with van der Waals surface area (Å²) in [4.78, 5) is 19.7. The molecule has 7 nitrogen and oxygen atoms in total. The predicted molar refractivity (Wildman–Crippen MR) is 146 cm³/mol. The average Bonchev–Trinajstić information content (AvgIpc) is 3.50. The molecule has 2 aromatic heterocycles. The lowest BCUT2D eigenvalue weighted by atomic mass is 10.0. The first-order chi connectivity index (χ1) is 17.7. The van der Waals surface area contributed by atoms with E-state index in [9.17, 15) is 4.79 Å². The summed E-state index contributed by atoms with van der Waals surface area (Å²) in [5.41, 5.74) is 2.83. The van der Waals surface area contributed by atoms with Crippen LogP contribution in [0.1, 0.15) is 29.9 Å². The van der Waals surface area contributed by atoms with Crippen molar-refractivity contribution in [2.24, 2.45) is 0 Å². The van der Waals surface area contributed by atoms with Crippen LogP contribution in [0.25, 0.3) is 10.8 Å². The number of hydrogen-bond donors (Lipinski definition) is 2. The fraction of sp³-hybridized carbons (Fsp3) is 0.250. The van der Waals surface area contributed by atoms with Crippen LogP contribution < -0.4 is 10.6 Å². The molecule has 1 amide bonds. The van der Waals surface area contributed by atoms with Gasteiger partial charge in [-0.3, -0.25) is 9.78 Å². The third kappa shape index (κ3) is 4.96. The molecule has 184 valence electrons. The van der Waals surface area contributed by atoms with Gasteiger partial charge in [-0.25, -0.2) is 0 Å². The van der Waals surface area contributed by atoms with E-state index in [1.807, 2.05) is 66.7 Å². The normalized spacial score (nSPS) is 17.4. The van der Waals surface area contributed by atoms with Crippen LogP contribution >= 0.6 is 12.2 Å². The second kappa shape index (κ2) is 10.9. The van der Waals surface area contributed by atoms with Gasteiger partial charge in [-0.1, -0.05) is 42.5 Å². The molecule has 36 heavy (non-hydrogen) atoms. The number of ether oxygens (including phenoxy) is 1. The lowest BCUT2D eigenvalue weighted by Gasteiger charge is -2.28. The van der Waals surface area contributed by atoms with Crippen molar-refractivity contribution in [2.45, 2.75) is 25.0 Å². The van der Waals surface area contributed by atoms with Crippen molar-refractivity contribution < 1.29 is 9.53 Å². The number of amides is 1. The maximum Gasteiger partial charge on any atom is 0.226 e. The summed E-state index contributed by atoms with van der Waals surface area (Å²) in [6.07, 6.45) is 4.15. The highest BCUT2D eigenvalue weighted by atomic mass is 32.1. The molecule has 2 aromatic carbocycles. The molecule has 2 atom stereocenters. The van der Waals surface area contributed by atoms with Gasteiger partial charge >= 0.3 is 0 Å². The second-order valence-corrected chi connectivity index (χ2v) is 9.15. The number of anilines is 1. The molecule has 2 N–H and O–H groups in total. The van der Waals surface area contributed by atoms with Crippen LogP contribution in [0.4, 0.5) is 5.69 Å². The number of methoxy groups -OCH3 is 1. The van der Waals surface area contributed by atoms with Crippen molar-refractivity contribution in [3.8, 4) is 0 Å². The van der Waals surface area contributed by atoms with Crippen LogP contribution in [-0.4, -0.2) is 45.7 Å². The molecule has 4 aromatic rings. The quantitative estimate of drug-likeness (QED) is 0.326. The van der Waals surface area contributed by atoms with Gasteiger partial charge in [0.15, 0.2) is 5.11 Å². The van der Waals surface area contributed by atoms with Crippen molar-refractivity contribution >= 4 is 39.7 Å². The Morgan fingerprint density at radius 2 is 1.89 bits per heavy atom. The number of hydrogen-bond acceptors (Lipinski definition) is 4. The number of benzene rings is 2. The maximum absolute atomic E-state index is 13.0. The molecule has 1 fully saturated rings. The van der Waals surface area contributed by atoms with Crippen LogP contribution in [0.15, 0.2) is 85.2 Å². The smallest absolute Gasteiger partial charge is 0.226 e. The number of fused-ring (bicyclic) bond motifs is 1. The Balaban J connectivity index is 1.37. The first-order valence-corrected chi connectivity index (χ1v) is 12.5. The molecule has 5 rings (SSSR count). The molecule has 3 heterocycles. The summed E-state index contributed by atoms with van der Waals surface area (Å²) in [5.74, 6) is -0.0519. The highest BCUT2D eigenvalue weighted by Gasteiger charge is 2.41. The maximum atomic E-state index is 13.0. The van der Waals surface area contributed by atoms with E-state index in [-0.39, 0.29) is 18.0 Å². The van der Waals surface area contributed by atoms with E-state index in [2.05, 4.69) is 37.3 Å². The van der Waals surface area contributed by atoms with Gasteiger partial charge in [0.05, 0.1) is 24.4 Å². The Morgan fingerprint density at radius 1 is 1.06 bits per heavy atom. The summed E-state index contributed by atoms with van der Waals surface area (Å²) in [6, 6.07) is 23.8. The summed E-state index contributed by atoms with van der Waals surface area (Å²) >= 11 is 5.77. The van der Waals surface area contributed by atoms with Crippen LogP contribution in [0.2, 0.25) is 0 Å². The number of carbonyl (C=O) groups is 1. The standard InChI is InChI=1S/C28H29N5O2S/c1-35-19-18-32-16-7-13-24(32)27-26(23-11-4-5-15-29-23)31-28(36)33(27)17-14-25(34)30-22-12-6-9-20-8-2-3-10-21(20)22/h2-13,15-16,26-27H,14,17-19H2,1H3,(H,30,34)(H,31,36)/t26-,27-/m1/s1. The lowest BCUT2D eigenvalue weighted by molar-refractivity contribution is -0.116. The molecule has 1 aliphatic rings. The van der Waals surface area contributed by atoms with E-state index >= 15 is 0 Å². The monoisotopic (exact) mass is 499 g/mol. The highest BCUT2D eigenvalue weighted by Crippen LogP contribution is 2.38. The predicted octanol–water partition coefficient (Wildman–Crippen LogP) is 4.68. The minimum Gasteiger partial charge on any atom is -0.383 e. The van der Waals surface area contributed by atoms with Crippen LogP contribution in [0.3, 0.4) is 0 Å². The molecule has 1 aliphatic heterocycles. The molecule has 8 heteroatoms. The van der Waals surface area contributed by atoms with Crippen molar-refractivity contribution in [1.29, 1.82) is 0 Å². The number of aromatic nitrogens is 2. The third-order valence-electron chi connectivity index (χ3n) is 6.55. The SMILES string of the molecule is COCCn1cccc1[C@@H]1[C@@H](c2ccccn2)NC(=S)N1CCC(=O)Nc1cccc2ccccc12. The zero-order valence-corrected chi connectivity index (χ0v) is 20.9. The van der Waals surface area contributed by atoms with Crippen molar-refractivity contribution in [2.75, 3.05) is 25.6 Å². The van der Waals surface area contributed by atoms with Crippen molar-refractivity contribution in [3.05, 3.63) is 96.6 Å². The van der Waals surface area contributed by atoms with E-state index < -0.39 is 0 Å². The fourth-order valence-electron chi connectivity index (χ4n) is 4.83. The minimum absolute atomic E-state index is 0.0519. The molecule has 0 unspecified atom stereocenters. The Labute approximate surface area is 216 Å². The van der Waals surface area contributed by atoms with Crippen LogP contribution in [-0.2, 0) is 16.1 Å². The van der Waals surface area contributed by atoms with Gasteiger partial charge in [0.25, 0.3) is 0 Å². The first-order valence-electron chi connectivity index (χ1n) is 12.1. The Hall–Kier alpha value is -3.75. The number of thiocarbonyl (C=S) groups is 1. The fourth-order valence-corrected chi connectivity index (χ4v) is 5.16. The van der Waals surface area contributed by atoms with Crippen molar-refractivity contribution in [1.82, 2.24) is 19.8 Å². The number of rotatable bonds is 9. The highest BCUT2D eigenvalue weighted by molar-refractivity contribution is 7.80. The van der Waals surface area contributed by atoms with Gasteiger partial charge < -0.3 is 24.8 Å². The van der Waals surface area contributed by atoms with Gasteiger partial charge in [0.1, 0.15) is 0 Å². The average molecular weight is 500 g/mol. The van der Waals surface area contributed by atoms with Gasteiger partial charge in [-0.2, -0.15) is 0 Å². The third-order valence-corrected chi connectivity index (χ3v) is 6.90. The molecular weight excluding hydrogens is 470 g/mol. The van der Waals surface area contributed by atoms with Crippen LogP contribution in [0.5, 0.6) is 0 Å². The number of nitrogens with one attached hydrogen (secondary N) is 2. The van der Waals surface area contributed by atoms with Crippen molar-refractivity contribution in [3.63, 3.8) is 0 Å². The molecule has 1 saturated heterocycles. The Bertz CT molecular complexity index is 1350. The zero-order chi connectivity index (χ0) is 24.9. The minimum atomic E-state index is -0.129. The number of carbonyl (C=O) groups excluding carboxylic acids is 1. The van der Waals surface area contributed by atoms with E-state index in [0.717, 1.165) is 34.4 Å². The Morgan fingerprint density at radius 3 is 2.72 bits per heavy atom. The van der Waals surface area contributed by atoms with E-state index in [1.165, 1.54) is 0 Å². The summed E-state index contributed by atoms with van der Waals surface area (Å²) < 4.78 is 7.50. The molecule has 0 aliphatic carbocycles. The van der Waals surface area contributed by atoms with Crippen LogP contribution in [0, 0.1) is 0 Å². The number of nitrogens with zero attached hydrogens (tertiary/aromatic N) is 3. The second-order valence-electron chi connectivity index (χ2n) is 8.76. The first kappa shape index (κ1) is 24.0. The summed E-state index contributed by atoms with van der Waals surface area (Å²) in [7, 11) is 1.70. The van der Waals surface area contributed by atoms with Gasteiger partial charge in [0.2, 0.25) is 5.91 Å². The van der Waals surface area contributed by atoms with E-state index in [0.29, 0.717) is 24.7 Å². The molecule has 0 spiro atoms. The molecular formula is C28H29N5O2S. The molecule has 0 radical (unpaired) electrons. The van der Waals surface area contributed by atoms with Gasteiger partial charge in [-0.05, 0) is 47.9 Å². The topological polar surface area (TPSA) is 71.4 Å². The number of pyridine rings is 1. The summed E-state index contributed by atoms with van der Waals surface area (Å²) in [6.45, 7) is 1.81. The lowest BCUT2D eigenvalue weighted by Crippen LogP contribution is -2.33.